The summed E-state index contributed by atoms with van der Waals surface area (Å²) < 4.78 is 29.6. The van der Waals surface area contributed by atoms with Gasteiger partial charge in [-0.05, 0) is 6.07 Å². The monoisotopic (exact) mass is 227 g/mol. The molecule has 0 atom stereocenters. The molecule has 84 valence electrons. The van der Waals surface area contributed by atoms with Crippen molar-refractivity contribution < 1.29 is 18.3 Å². The average Bonchev–Trinajstić information content (AvgIpc) is 2.26. The second-order valence-corrected chi connectivity index (χ2v) is 2.76. The van der Waals surface area contributed by atoms with Crippen LogP contribution < -0.4 is 5.73 Å². The summed E-state index contributed by atoms with van der Waals surface area (Å²) in [6.07, 6.45) is -3.00. The number of rotatable bonds is 2. The molecule has 0 aliphatic heterocycles. The Labute approximate surface area is 89.4 Å². The van der Waals surface area contributed by atoms with E-state index in [2.05, 4.69) is 9.72 Å². The summed E-state index contributed by atoms with van der Waals surface area (Å²) in [5.74, 6) is -1.18. The van der Waals surface area contributed by atoms with Crippen LogP contribution in [0.1, 0.15) is 28.0 Å². The van der Waals surface area contributed by atoms with Crippen LogP contribution in [-0.2, 0) is 4.74 Å². The summed E-state index contributed by atoms with van der Waals surface area (Å²) in [5, 5.41) is 8.62. The SMILES string of the molecule is COC(=O)c1cc(N)nc(C#N)c1C(F)F. The van der Waals surface area contributed by atoms with Crippen LogP contribution in [0.25, 0.3) is 0 Å². The second kappa shape index (κ2) is 4.53. The predicted octanol–water partition coefficient (Wildman–Crippen LogP) is 1.26. The van der Waals surface area contributed by atoms with E-state index in [-0.39, 0.29) is 5.82 Å². The van der Waals surface area contributed by atoms with Gasteiger partial charge in [0.05, 0.1) is 18.2 Å². The Balaban J connectivity index is 3.52. The number of nitriles is 1. The van der Waals surface area contributed by atoms with Gasteiger partial charge in [-0.25, -0.2) is 18.6 Å². The zero-order valence-corrected chi connectivity index (χ0v) is 8.20. The maximum Gasteiger partial charge on any atom is 0.338 e. The fourth-order valence-electron chi connectivity index (χ4n) is 1.16. The van der Waals surface area contributed by atoms with E-state index >= 15 is 0 Å². The van der Waals surface area contributed by atoms with Crippen LogP contribution in [0.2, 0.25) is 0 Å². The van der Waals surface area contributed by atoms with Gasteiger partial charge in [0.2, 0.25) is 0 Å². The van der Waals surface area contributed by atoms with E-state index in [0.717, 1.165) is 13.2 Å². The molecule has 0 radical (unpaired) electrons. The van der Waals surface area contributed by atoms with E-state index in [0.29, 0.717) is 0 Å². The van der Waals surface area contributed by atoms with Gasteiger partial charge in [-0.2, -0.15) is 5.26 Å². The standard InChI is InChI=1S/C9H7F2N3O2/c1-16-9(15)4-2-6(13)14-5(3-12)7(4)8(10)11/h2,8H,1H3,(H2,13,14). The first-order valence-corrected chi connectivity index (χ1v) is 4.08. The highest BCUT2D eigenvalue weighted by Crippen LogP contribution is 2.27. The van der Waals surface area contributed by atoms with Gasteiger partial charge in [0.15, 0.2) is 5.69 Å². The number of esters is 1. The first-order chi connectivity index (χ1) is 7.51. The molecule has 0 fully saturated rings. The zero-order chi connectivity index (χ0) is 12.3. The van der Waals surface area contributed by atoms with Gasteiger partial charge in [-0.1, -0.05) is 0 Å². The van der Waals surface area contributed by atoms with Crippen LogP contribution in [0.4, 0.5) is 14.6 Å². The number of carbonyl (C=O) groups is 1. The summed E-state index contributed by atoms with van der Waals surface area (Å²) in [7, 11) is 1.04. The lowest BCUT2D eigenvalue weighted by Crippen LogP contribution is -2.11. The van der Waals surface area contributed by atoms with Crippen molar-refractivity contribution in [1.82, 2.24) is 4.98 Å². The first-order valence-electron chi connectivity index (χ1n) is 4.08. The number of halogens is 2. The normalized spacial score (nSPS) is 9.94. The van der Waals surface area contributed by atoms with Crippen molar-refractivity contribution >= 4 is 11.8 Å². The third-order valence-corrected chi connectivity index (χ3v) is 1.81. The number of nitrogen functional groups attached to an aromatic ring is 1. The Hall–Kier alpha value is -2.23. The van der Waals surface area contributed by atoms with Crippen molar-refractivity contribution in [1.29, 1.82) is 5.26 Å². The molecule has 0 bridgehead atoms. The quantitative estimate of drug-likeness (QED) is 0.768. The summed E-state index contributed by atoms with van der Waals surface area (Å²) in [4.78, 5) is 14.6. The van der Waals surface area contributed by atoms with Crippen LogP contribution in [0.15, 0.2) is 6.07 Å². The molecule has 0 saturated carbocycles. The molecule has 1 rings (SSSR count). The molecule has 5 nitrogen and oxygen atoms in total. The highest BCUT2D eigenvalue weighted by Gasteiger charge is 2.24. The molecule has 0 aliphatic carbocycles. The number of pyridine rings is 1. The van der Waals surface area contributed by atoms with Crippen LogP contribution in [0, 0.1) is 11.3 Å². The number of aromatic nitrogens is 1. The largest absolute Gasteiger partial charge is 0.465 e. The Kier molecular flexibility index (Phi) is 3.35. The molecule has 7 heteroatoms. The van der Waals surface area contributed by atoms with E-state index in [1.54, 1.807) is 0 Å². The van der Waals surface area contributed by atoms with E-state index in [1.807, 2.05) is 0 Å². The molecule has 1 heterocycles. The number of hydrogen-bond donors (Lipinski definition) is 1. The molecule has 2 N–H and O–H groups in total. The first kappa shape index (κ1) is 11.8. The summed E-state index contributed by atoms with van der Waals surface area (Å²) in [5.41, 5.74) is 3.50. The number of carbonyl (C=O) groups excluding carboxylic acids is 1. The second-order valence-electron chi connectivity index (χ2n) is 2.76. The zero-order valence-electron chi connectivity index (χ0n) is 8.20. The topological polar surface area (TPSA) is 89.0 Å². The molecular weight excluding hydrogens is 220 g/mol. The Morgan fingerprint density at radius 2 is 2.31 bits per heavy atom. The predicted molar refractivity (Wildman–Crippen MR) is 49.7 cm³/mol. The van der Waals surface area contributed by atoms with Crippen molar-refractivity contribution in [3.63, 3.8) is 0 Å². The Morgan fingerprint density at radius 1 is 1.69 bits per heavy atom. The Morgan fingerprint density at radius 3 is 2.75 bits per heavy atom. The summed E-state index contributed by atoms with van der Waals surface area (Å²) in [6, 6.07) is 2.41. The fourth-order valence-corrected chi connectivity index (χ4v) is 1.16. The maximum atomic E-state index is 12.7. The molecule has 0 spiro atoms. The Bertz CT molecular complexity index is 469. The number of methoxy groups -OCH3 is 1. The fraction of sp³-hybridized carbons (Fsp3) is 0.222. The minimum Gasteiger partial charge on any atom is -0.465 e. The molecule has 1 aromatic rings. The highest BCUT2D eigenvalue weighted by atomic mass is 19.3. The van der Waals surface area contributed by atoms with Crippen molar-refractivity contribution in [2.45, 2.75) is 6.43 Å². The van der Waals surface area contributed by atoms with E-state index in [1.165, 1.54) is 6.07 Å². The van der Waals surface area contributed by atoms with E-state index in [4.69, 9.17) is 11.0 Å². The summed E-state index contributed by atoms with van der Waals surface area (Å²) in [6.45, 7) is 0. The lowest BCUT2D eigenvalue weighted by Gasteiger charge is -2.08. The molecule has 0 amide bonds. The van der Waals surface area contributed by atoms with Crippen molar-refractivity contribution in [3.8, 4) is 6.07 Å². The molecule has 16 heavy (non-hydrogen) atoms. The van der Waals surface area contributed by atoms with Crippen LogP contribution in [0.5, 0.6) is 0 Å². The van der Waals surface area contributed by atoms with Gasteiger partial charge in [0.1, 0.15) is 11.9 Å². The number of nitrogens with zero attached hydrogens (tertiary/aromatic N) is 2. The summed E-state index contributed by atoms with van der Waals surface area (Å²) >= 11 is 0. The lowest BCUT2D eigenvalue weighted by atomic mass is 10.1. The average molecular weight is 227 g/mol. The molecule has 1 aromatic heterocycles. The minimum absolute atomic E-state index is 0.193. The minimum atomic E-state index is -3.00. The van der Waals surface area contributed by atoms with Crippen molar-refractivity contribution in [2.75, 3.05) is 12.8 Å². The molecular formula is C9H7F2N3O2. The third-order valence-electron chi connectivity index (χ3n) is 1.81. The highest BCUT2D eigenvalue weighted by molar-refractivity contribution is 5.92. The molecule has 0 aromatic carbocycles. The maximum absolute atomic E-state index is 12.7. The van der Waals surface area contributed by atoms with Gasteiger partial charge in [0, 0.05) is 0 Å². The smallest absolute Gasteiger partial charge is 0.338 e. The molecule has 0 unspecified atom stereocenters. The van der Waals surface area contributed by atoms with Crippen LogP contribution in [-0.4, -0.2) is 18.1 Å². The molecule has 0 aliphatic rings. The van der Waals surface area contributed by atoms with E-state index < -0.39 is 29.2 Å². The van der Waals surface area contributed by atoms with E-state index in [9.17, 15) is 13.6 Å². The number of anilines is 1. The number of ether oxygens (including phenoxy) is 1. The van der Waals surface area contributed by atoms with Gasteiger partial charge in [-0.15, -0.1) is 0 Å². The van der Waals surface area contributed by atoms with Crippen LogP contribution in [0.3, 0.4) is 0 Å². The lowest BCUT2D eigenvalue weighted by molar-refractivity contribution is 0.0589. The number of hydrogen-bond acceptors (Lipinski definition) is 5. The van der Waals surface area contributed by atoms with Gasteiger partial charge in [-0.3, -0.25) is 0 Å². The van der Waals surface area contributed by atoms with Crippen molar-refractivity contribution in [2.24, 2.45) is 0 Å². The number of nitrogens with two attached hydrogens (primary N) is 1. The number of alkyl halides is 2. The van der Waals surface area contributed by atoms with Crippen LogP contribution >= 0.6 is 0 Å². The third kappa shape index (κ3) is 2.06. The molecule has 0 saturated heterocycles. The van der Waals surface area contributed by atoms with Gasteiger partial charge < -0.3 is 10.5 Å². The van der Waals surface area contributed by atoms with Gasteiger partial charge in [0.25, 0.3) is 6.43 Å². The van der Waals surface area contributed by atoms with Gasteiger partial charge >= 0.3 is 5.97 Å². The van der Waals surface area contributed by atoms with Crippen molar-refractivity contribution in [3.05, 3.63) is 22.9 Å².